The van der Waals surface area contributed by atoms with Gasteiger partial charge in [0.15, 0.2) is 17.5 Å². The number of benzene rings is 8. The molecular formula is C51H32N4O. The molecule has 0 N–H and O–H groups in total. The molecular weight excluding hydrogens is 685 g/mol. The van der Waals surface area contributed by atoms with Gasteiger partial charge in [0.25, 0.3) is 0 Å². The van der Waals surface area contributed by atoms with Crippen LogP contribution in [-0.2, 0) is 0 Å². The number of furan rings is 1. The smallest absolute Gasteiger partial charge is 0.164 e. The molecule has 0 unspecified atom stereocenters. The van der Waals surface area contributed by atoms with Crippen LogP contribution in [0.15, 0.2) is 199 Å². The van der Waals surface area contributed by atoms with Crippen molar-refractivity contribution in [3.05, 3.63) is 194 Å². The summed E-state index contributed by atoms with van der Waals surface area (Å²) in [5.74, 6) is 1.79. The van der Waals surface area contributed by atoms with E-state index in [1.165, 1.54) is 10.8 Å². The van der Waals surface area contributed by atoms with Gasteiger partial charge in [-0.05, 0) is 53.1 Å². The summed E-state index contributed by atoms with van der Waals surface area (Å²) in [6, 6.07) is 67.3. The SMILES string of the molecule is c1ccc(-c2cccc(-c3nc(-c4ccccc4)nc(-c4cccc5oc6cccc(-c7ccccc7-n7c8ccccc8c8ccccc87)c6c45)n3)c2)cc1. The second-order valence-corrected chi connectivity index (χ2v) is 14.0. The first-order valence-electron chi connectivity index (χ1n) is 18.8. The summed E-state index contributed by atoms with van der Waals surface area (Å²) in [7, 11) is 0. The molecule has 0 bridgehead atoms. The third-order valence-corrected chi connectivity index (χ3v) is 10.7. The number of nitrogens with zero attached hydrogens (tertiary/aromatic N) is 4. The predicted octanol–water partition coefficient (Wildman–Crippen LogP) is 13.2. The number of hydrogen-bond donors (Lipinski definition) is 0. The van der Waals surface area contributed by atoms with Crippen LogP contribution in [0.5, 0.6) is 0 Å². The molecule has 0 saturated heterocycles. The fourth-order valence-corrected chi connectivity index (χ4v) is 8.17. The van der Waals surface area contributed by atoms with Gasteiger partial charge in [-0.2, -0.15) is 0 Å². The van der Waals surface area contributed by atoms with Crippen molar-refractivity contribution in [3.63, 3.8) is 0 Å². The van der Waals surface area contributed by atoms with E-state index in [-0.39, 0.29) is 0 Å². The molecule has 5 heteroatoms. The van der Waals surface area contributed by atoms with Crippen LogP contribution in [0.2, 0.25) is 0 Å². The minimum atomic E-state index is 0.581. The van der Waals surface area contributed by atoms with E-state index >= 15 is 0 Å². The summed E-state index contributed by atoms with van der Waals surface area (Å²) in [4.78, 5) is 15.5. The Balaban J connectivity index is 1.16. The summed E-state index contributed by atoms with van der Waals surface area (Å²) in [5.41, 5.74) is 12.1. The van der Waals surface area contributed by atoms with Crippen LogP contribution in [0.25, 0.3) is 106 Å². The van der Waals surface area contributed by atoms with Gasteiger partial charge in [-0.3, -0.25) is 0 Å². The van der Waals surface area contributed by atoms with Crippen LogP contribution in [-0.4, -0.2) is 19.5 Å². The Kier molecular flexibility index (Phi) is 7.42. The fraction of sp³-hybridized carbons (Fsp3) is 0. The van der Waals surface area contributed by atoms with Crippen LogP contribution in [0, 0.1) is 0 Å². The molecule has 8 aromatic carbocycles. The third-order valence-electron chi connectivity index (χ3n) is 10.7. The number of para-hydroxylation sites is 3. The van der Waals surface area contributed by atoms with E-state index in [9.17, 15) is 0 Å². The maximum absolute atomic E-state index is 6.66. The van der Waals surface area contributed by atoms with Crippen molar-refractivity contribution in [3.8, 4) is 62.1 Å². The lowest BCUT2D eigenvalue weighted by Crippen LogP contribution is -2.00. The minimum Gasteiger partial charge on any atom is -0.456 e. The minimum absolute atomic E-state index is 0.581. The van der Waals surface area contributed by atoms with Crippen LogP contribution in [0.1, 0.15) is 0 Å². The van der Waals surface area contributed by atoms with Gasteiger partial charge in [-0.1, -0.05) is 158 Å². The lowest BCUT2D eigenvalue weighted by atomic mass is 9.95. The van der Waals surface area contributed by atoms with E-state index in [0.717, 1.165) is 77.6 Å². The third kappa shape index (κ3) is 5.21. The normalized spacial score (nSPS) is 11.6. The quantitative estimate of drug-likeness (QED) is 0.172. The van der Waals surface area contributed by atoms with E-state index in [4.69, 9.17) is 19.4 Å². The average molecular weight is 717 g/mol. The van der Waals surface area contributed by atoms with Crippen molar-refractivity contribution in [2.24, 2.45) is 0 Å². The molecule has 0 atom stereocenters. The Bertz CT molecular complexity index is 3200. The monoisotopic (exact) mass is 716 g/mol. The van der Waals surface area contributed by atoms with Crippen LogP contribution in [0.3, 0.4) is 0 Å². The summed E-state index contributed by atoms with van der Waals surface area (Å²) < 4.78 is 9.05. The molecule has 0 spiro atoms. The van der Waals surface area contributed by atoms with Crippen molar-refractivity contribution in [1.82, 2.24) is 19.5 Å². The molecule has 0 fully saturated rings. The van der Waals surface area contributed by atoms with E-state index in [1.807, 2.05) is 48.5 Å². The van der Waals surface area contributed by atoms with Gasteiger partial charge in [0.1, 0.15) is 11.2 Å². The summed E-state index contributed by atoms with van der Waals surface area (Å²) in [6.07, 6.45) is 0. The largest absolute Gasteiger partial charge is 0.456 e. The van der Waals surface area contributed by atoms with Crippen molar-refractivity contribution in [2.45, 2.75) is 0 Å². The maximum atomic E-state index is 6.66. The Hall–Kier alpha value is -7.63. The lowest BCUT2D eigenvalue weighted by molar-refractivity contribution is 0.669. The van der Waals surface area contributed by atoms with Crippen molar-refractivity contribution in [1.29, 1.82) is 0 Å². The Morgan fingerprint density at radius 3 is 1.54 bits per heavy atom. The molecule has 56 heavy (non-hydrogen) atoms. The molecule has 0 amide bonds. The van der Waals surface area contributed by atoms with Gasteiger partial charge in [0.05, 0.1) is 16.7 Å². The van der Waals surface area contributed by atoms with Crippen LogP contribution < -0.4 is 0 Å². The molecule has 262 valence electrons. The highest BCUT2D eigenvalue weighted by molar-refractivity contribution is 6.18. The van der Waals surface area contributed by atoms with Gasteiger partial charge in [0.2, 0.25) is 0 Å². The molecule has 0 aliphatic carbocycles. The molecule has 0 saturated carbocycles. The van der Waals surface area contributed by atoms with Gasteiger partial charge in [0, 0.05) is 43.8 Å². The van der Waals surface area contributed by atoms with Crippen molar-refractivity contribution in [2.75, 3.05) is 0 Å². The topological polar surface area (TPSA) is 56.7 Å². The van der Waals surface area contributed by atoms with Gasteiger partial charge >= 0.3 is 0 Å². The molecule has 0 radical (unpaired) electrons. The van der Waals surface area contributed by atoms with E-state index in [2.05, 4.69) is 150 Å². The van der Waals surface area contributed by atoms with E-state index < -0.39 is 0 Å². The zero-order chi connectivity index (χ0) is 37.0. The molecule has 0 aliphatic heterocycles. The lowest BCUT2D eigenvalue weighted by Gasteiger charge is -2.15. The van der Waals surface area contributed by atoms with Crippen LogP contribution in [0.4, 0.5) is 0 Å². The first-order valence-corrected chi connectivity index (χ1v) is 18.8. The first-order chi connectivity index (χ1) is 27.8. The predicted molar refractivity (Wildman–Crippen MR) is 229 cm³/mol. The highest BCUT2D eigenvalue weighted by Gasteiger charge is 2.22. The summed E-state index contributed by atoms with van der Waals surface area (Å²) >= 11 is 0. The van der Waals surface area contributed by atoms with Gasteiger partial charge in [-0.15, -0.1) is 0 Å². The molecule has 3 heterocycles. The van der Waals surface area contributed by atoms with Gasteiger partial charge in [-0.25, -0.2) is 15.0 Å². The number of rotatable bonds is 6. The van der Waals surface area contributed by atoms with E-state index in [0.29, 0.717) is 17.5 Å². The maximum Gasteiger partial charge on any atom is 0.164 e. The zero-order valence-corrected chi connectivity index (χ0v) is 30.2. The van der Waals surface area contributed by atoms with Crippen molar-refractivity contribution < 1.29 is 4.42 Å². The average Bonchev–Trinajstić information content (AvgIpc) is 3.83. The molecule has 3 aromatic heterocycles. The first kappa shape index (κ1) is 31.9. The highest BCUT2D eigenvalue weighted by atomic mass is 16.3. The fourth-order valence-electron chi connectivity index (χ4n) is 8.17. The Morgan fingerprint density at radius 2 is 0.821 bits per heavy atom. The number of aromatic nitrogens is 4. The summed E-state index contributed by atoms with van der Waals surface area (Å²) in [6.45, 7) is 0. The van der Waals surface area contributed by atoms with Crippen molar-refractivity contribution >= 4 is 43.7 Å². The number of hydrogen-bond acceptors (Lipinski definition) is 4. The standard InChI is InChI=1S/C51H32N4O/c1-3-16-33(17-4-1)35-20-13-21-36(32-35)50-52-49(34-18-5-2-6-19-34)53-51(54-50)41-26-15-31-46-48(41)47-40(25-14-30-45(47)56-46)39-24-9-12-29-44(39)55-42-27-10-7-22-37(42)38-23-8-11-28-43(38)55/h1-32H. The Morgan fingerprint density at radius 1 is 0.339 bits per heavy atom. The molecule has 11 rings (SSSR count). The summed E-state index contributed by atoms with van der Waals surface area (Å²) in [5, 5.41) is 4.42. The molecule has 5 nitrogen and oxygen atoms in total. The van der Waals surface area contributed by atoms with Crippen LogP contribution >= 0.6 is 0 Å². The second kappa shape index (κ2) is 13.0. The molecule has 11 aromatic rings. The molecule has 0 aliphatic rings. The Labute approximate surface area is 322 Å². The van der Waals surface area contributed by atoms with Gasteiger partial charge < -0.3 is 8.98 Å². The van der Waals surface area contributed by atoms with E-state index in [1.54, 1.807) is 0 Å². The second-order valence-electron chi connectivity index (χ2n) is 14.0. The highest BCUT2D eigenvalue weighted by Crippen LogP contribution is 2.44. The zero-order valence-electron chi connectivity index (χ0n) is 30.2. The number of fused-ring (bicyclic) bond motifs is 6.